The van der Waals surface area contributed by atoms with Gasteiger partial charge in [0.1, 0.15) is 5.75 Å². The van der Waals surface area contributed by atoms with E-state index in [0.29, 0.717) is 13.2 Å². The number of nitrogens with one attached hydrogen (secondary N) is 2. The van der Waals surface area contributed by atoms with E-state index in [1.165, 1.54) is 6.42 Å². The lowest BCUT2D eigenvalue weighted by molar-refractivity contribution is -0.119. The Bertz CT molecular complexity index is 363. The van der Waals surface area contributed by atoms with Gasteiger partial charge < -0.3 is 15.4 Å². The zero-order valence-electron chi connectivity index (χ0n) is 11.9. The van der Waals surface area contributed by atoms with Crippen LogP contribution in [0.1, 0.15) is 33.1 Å². The molecule has 0 aliphatic heterocycles. The molecular formula is C15H24N2O2. The van der Waals surface area contributed by atoms with Gasteiger partial charge in [0.25, 0.3) is 0 Å². The highest BCUT2D eigenvalue weighted by atomic mass is 16.5. The number of benzene rings is 1. The maximum Gasteiger partial charge on any atom is 0.239 e. The Balaban J connectivity index is 2.22. The molecule has 0 fully saturated rings. The highest BCUT2D eigenvalue weighted by molar-refractivity contribution is 5.80. The third kappa shape index (κ3) is 6.70. The maximum atomic E-state index is 11.6. The van der Waals surface area contributed by atoms with Crippen LogP contribution in [0.5, 0.6) is 5.75 Å². The first-order valence-corrected chi connectivity index (χ1v) is 6.99. The Labute approximate surface area is 115 Å². The standard InChI is InChI=1S/C15H24N2O2/c1-3-5-6-11-16-15(18)12-17-13-7-9-14(10-8-13)19-4-2/h7-10,17H,3-6,11-12H2,1-2H3,(H,16,18). The first-order chi connectivity index (χ1) is 9.26. The number of carbonyl (C=O) groups is 1. The molecule has 0 aromatic heterocycles. The fourth-order valence-corrected chi connectivity index (χ4v) is 1.68. The maximum absolute atomic E-state index is 11.6. The fraction of sp³-hybridized carbons (Fsp3) is 0.533. The SMILES string of the molecule is CCCCCNC(=O)CNc1ccc(OCC)cc1. The predicted molar refractivity (Wildman–Crippen MR) is 78.6 cm³/mol. The summed E-state index contributed by atoms with van der Waals surface area (Å²) in [6.07, 6.45) is 3.37. The van der Waals surface area contributed by atoms with Crippen LogP contribution < -0.4 is 15.4 Å². The molecule has 0 radical (unpaired) electrons. The lowest BCUT2D eigenvalue weighted by Gasteiger charge is -2.08. The molecule has 0 aliphatic rings. The molecule has 2 N–H and O–H groups in total. The molecule has 0 heterocycles. The fourth-order valence-electron chi connectivity index (χ4n) is 1.68. The molecule has 0 saturated heterocycles. The molecule has 4 nitrogen and oxygen atoms in total. The second-order valence-electron chi connectivity index (χ2n) is 4.37. The monoisotopic (exact) mass is 264 g/mol. The number of amides is 1. The number of carbonyl (C=O) groups excluding carboxylic acids is 1. The second kappa shape index (κ2) is 9.25. The van der Waals surface area contributed by atoms with Crippen molar-refractivity contribution < 1.29 is 9.53 Å². The van der Waals surface area contributed by atoms with Gasteiger partial charge in [0.05, 0.1) is 13.2 Å². The Kier molecular flexibility index (Phi) is 7.47. The molecule has 0 bridgehead atoms. The zero-order chi connectivity index (χ0) is 13.9. The number of unbranched alkanes of at least 4 members (excludes halogenated alkanes) is 2. The Morgan fingerprint density at radius 2 is 1.89 bits per heavy atom. The van der Waals surface area contributed by atoms with Gasteiger partial charge in [-0.2, -0.15) is 0 Å². The minimum Gasteiger partial charge on any atom is -0.494 e. The highest BCUT2D eigenvalue weighted by Gasteiger charge is 2.00. The van der Waals surface area contributed by atoms with E-state index in [4.69, 9.17) is 4.74 Å². The van der Waals surface area contributed by atoms with Gasteiger partial charge in [-0.3, -0.25) is 4.79 Å². The third-order valence-electron chi connectivity index (χ3n) is 2.72. The van der Waals surface area contributed by atoms with E-state index in [9.17, 15) is 4.79 Å². The largest absolute Gasteiger partial charge is 0.494 e. The van der Waals surface area contributed by atoms with E-state index < -0.39 is 0 Å². The van der Waals surface area contributed by atoms with Gasteiger partial charge in [-0.1, -0.05) is 19.8 Å². The van der Waals surface area contributed by atoms with Crippen LogP contribution in [0.4, 0.5) is 5.69 Å². The summed E-state index contributed by atoms with van der Waals surface area (Å²) in [6.45, 7) is 5.83. The number of anilines is 1. The van der Waals surface area contributed by atoms with Crippen molar-refractivity contribution in [1.82, 2.24) is 5.32 Å². The van der Waals surface area contributed by atoms with Gasteiger partial charge in [-0.25, -0.2) is 0 Å². The topological polar surface area (TPSA) is 50.4 Å². The third-order valence-corrected chi connectivity index (χ3v) is 2.72. The molecule has 4 heteroatoms. The van der Waals surface area contributed by atoms with Crippen LogP contribution in [-0.2, 0) is 4.79 Å². The van der Waals surface area contributed by atoms with E-state index in [1.807, 2.05) is 31.2 Å². The molecular weight excluding hydrogens is 240 g/mol. The summed E-state index contributed by atoms with van der Waals surface area (Å²) in [5.74, 6) is 0.877. The zero-order valence-corrected chi connectivity index (χ0v) is 11.9. The highest BCUT2D eigenvalue weighted by Crippen LogP contribution is 2.15. The van der Waals surface area contributed by atoms with Crippen molar-refractivity contribution in [2.45, 2.75) is 33.1 Å². The molecule has 0 aliphatic carbocycles. The van der Waals surface area contributed by atoms with E-state index in [0.717, 1.165) is 30.8 Å². The number of ether oxygens (including phenoxy) is 1. The Hall–Kier alpha value is -1.71. The summed E-state index contributed by atoms with van der Waals surface area (Å²) in [5.41, 5.74) is 0.923. The van der Waals surface area contributed by atoms with Crippen LogP contribution in [0.15, 0.2) is 24.3 Å². The van der Waals surface area contributed by atoms with Crippen LogP contribution >= 0.6 is 0 Å². The van der Waals surface area contributed by atoms with E-state index in [-0.39, 0.29) is 5.91 Å². The lowest BCUT2D eigenvalue weighted by Crippen LogP contribution is -2.30. The molecule has 0 unspecified atom stereocenters. The predicted octanol–water partition coefficient (Wildman–Crippen LogP) is 2.80. The van der Waals surface area contributed by atoms with Crippen LogP contribution in [0, 0.1) is 0 Å². The summed E-state index contributed by atoms with van der Waals surface area (Å²) >= 11 is 0. The van der Waals surface area contributed by atoms with Crippen LogP contribution in [0.2, 0.25) is 0 Å². The van der Waals surface area contributed by atoms with Gasteiger partial charge in [0.15, 0.2) is 0 Å². The molecule has 1 rings (SSSR count). The van der Waals surface area contributed by atoms with Crippen LogP contribution in [0.3, 0.4) is 0 Å². The van der Waals surface area contributed by atoms with Crippen LogP contribution in [0.25, 0.3) is 0 Å². The van der Waals surface area contributed by atoms with Crippen molar-refractivity contribution in [2.75, 3.05) is 25.0 Å². The molecule has 106 valence electrons. The van der Waals surface area contributed by atoms with Crippen LogP contribution in [-0.4, -0.2) is 25.6 Å². The second-order valence-corrected chi connectivity index (χ2v) is 4.37. The first kappa shape index (κ1) is 15.3. The molecule has 1 aromatic carbocycles. The summed E-state index contributed by atoms with van der Waals surface area (Å²) in [6, 6.07) is 7.61. The molecule has 0 spiro atoms. The van der Waals surface area contributed by atoms with Crippen molar-refractivity contribution in [3.05, 3.63) is 24.3 Å². The molecule has 0 atom stereocenters. The van der Waals surface area contributed by atoms with Gasteiger partial charge in [-0.05, 0) is 37.6 Å². The van der Waals surface area contributed by atoms with Gasteiger partial charge in [0, 0.05) is 12.2 Å². The Morgan fingerprint density at radius 1 is 1.16 bits per heavy atom. The number of rotatable bonds is 9. The van der Waals surface area contributed by atoms with Gasteiger partial charge >= 0.3 is 0 Å². The van der Waals surface area contributed by atoms with Crippen molar-refractivity contribution in [1.29, 1.82) is 0 Å². The molecule has 0 saturated carbocycles. The normalized spacial score (nSPS) is 10.0. The van der Waals surface area contributed by atoms with Crippen molar-refractivity contribution in [2.24, 2.45) is 0 Å². The van der Waals surface area contributed by atoms with Gasteiger partial charge in [-0.15, -0.1) is 0 Å². The van der Waals surface area contributed by atoms with E-state index in [1.54, 1.807) is 0 Å². The minimum absolute atomic E-state index is 0.0324. The van der Waals surface area contributed by atoms with Crippen molar-refractivity contribution in [3.63, 3.8) is 0 Å². The average molecular weight is 264 g/mol. The summed E-state index contributed by atoms with van der Waals surface area (Å²) < 4.78 is 5.36. The van der Waals surface area contributed by atoms with E-state index >= 15 is 0 Å². The molecule has 1 amide bonds. The summed E-state index contributed by atoms with van der Waals surface area (Å²) in [5, 5.41) is 5.98. The average Bonchev–Trinajstić information content (AvgIpc) is 2.43. The number of hydrogen-bond donors (Lipinski definition) is 2. The van der Waals surface area contributed by atoms with E-state index in [2.05, 4.69) is 17.6 Å². The lowest BCUT2D eigenvalue weighted by atomic mass is 10.2. The molecule has 1 aromatic rings. The summed E-state index contributed by atoms with van der Waals surface area (Å²) in [7, 11) is 0. The minimum atomic E-state index is 0.0324. The number of hydrogen-bond acceptors (Lipinski definition) is 3. The summed E-state index contributed by atoms with van der Waals surface area (Å²) in [4.78, 5) is 11.6. The van der Waals surface area contributed by atoms with Crippen molar-refractivity contribution >= 4 is 11.6 Å². The Morgan fingerprint density at radius 3 is 2.53 bits per heavy atom. The first-order valence-electron chi connectivity index (χ1n) is 6.99. The van der Waals surface area contributed by atoms with Crippen molar-refractivity contribution in [3.8, 4) is 5.75 Å². The quantitative estimate of drug-likeness (QED) is 0.674. The smallest absolute Gasteiger partial charge is 0.239 e. The van der Waals surface area contributed by atoms with Gasteiger partial charge in [0.2, 0.25) is 5.91 Å². The molecule has 19 heavy (non-hydrogen) atoms.